The van der Waals surface area contributed by atoms with Crippen LogP contribution in [0, 0.1) is 6.92 Å². The van der Waals surface area contributed by atoms with Crippen molar-refractivity contribution in [3.05, 3.63) is 81.3 Å². The summed E-state index contributed by atoms with van der Waals surface area (Å²) < 4.78 is 11.3. The highest BCUT2D eigenvalue weighted by Crippen LogP contribution is 2.33. The van der Waals surface area contributed by atoms with Crippen LogP contribution in [-0.2, 0) is 0 Å². The number of thiophene rings is 1. The zero-order chi connectivity index (χ0) is 19.7. The first-order chi connectivity index (χ1) is 13.6. The van der Waals surface area contributed by atoms with Crippen molar-refractivity contribution in [2.24, 2.45) is 0 Å². The highest BCUT2D eigenvalue weighted by atomic mass is 32.1. The number of methoxy groups -OCH3 is 1. The number of ether oxygens (including phenoxy) is 1. The van der Waals surface area contributed by atoms with Crippen LogP contribution in [0.1, 0.15) is 15.9 Å². The number of aryl methyl sites for hydroxylation is 1. The molecule has 140 valence electrons. The Hall–Kier alpha value is -3.38. The lowest BCUT2D eigenvalue weighted by Crippen LogP contribution is -2.17. The molecule has 1 N–H and O–H groups in total. The molecule has 5 nitrogen and oxygen atoms in total. The molecular weight excluding hydrogens is 374 g/mol. The van der Waals surface area contributed by atoms with Gasteiger partial charge in [-0.3, -0.25) is 14.9 Å². The van der Waals surface area contributed by atoms with Gasteiger partial charge in [-0.1, -0.05) is 30.3 Å². The van der Waals surface area contributed by atoms with Crippen LogP contribution in [0.2, 0.25) is 0 Å². The van der Waals surface area contributed by atoms with E-state index in [1.165, 1.54) is 18.4 Å². The molecule has 0 saturated carbocycles. The van der Waals surface area contributed by atoms with Gasteiger partial charge in [-0.05, 0) is 42.1 Å². The van der Waals surface area contributed by atoms with Gasteiger partial charge in [-0.15, -0.1) is 11.3 Å². The molecule has 6 heteroatoms. The summed E-state index contributed by atoms with van der Waals surface area (Å²) in [7, 11) is 1.50. The fourth-order valence-corrected chi connectivity index (χ4v) is 3.86. The molecule has 0 unspecified atom stereocenters. The molecule has 28 heavy (non-hydrogen) atoms. The number of para-hydroxylation sites is 2. The van der Waals surface area contributed by atoms with Crippen LogP contribution in [0.5, 0.6) is 5.75 Å². The van der Waals surface area contributed by atoms with Crippen molar-refractivity contribution in [3.8, 4) is 16.2 Å². The summed E-state index contributed by atoms with van der Waals surface area (Å²) in [4.78, 5) is 26.8. The van der Waals surface area contributed by atoms with E-state index >= 15 is 0 Å². The van der Waals surface area contributed by atoms with Crippen molar-refractivity contribution in [2.45, 2.75) is 6.92 Å². The Balaban J connectivity index is 1.90. The van der Waals surface area contributed by atoms with Gasteiger partial charge in [0.25, 0.3) is 5.91 Å². The number of nitrogens with one attached hydrogen (secondary N) is 1. The van der Waals surface area contributed by atoms with Crippen molar-refractivity contribution in [2.75, 3.05) is 12.4 Å². The monoisotopic (exact) mass is 391 g/mol. The Kier molecular flexibility index (Phi) is 4.71. The zero-order valence-electron chi connectivity index (χ0n) is 15.3. The highest BCUT2D eigenvalue weighted by molar-refractivity contribution is 7.13. The number of hydrogen-bond donors (Lipinski definition) is 1. The number of fused-ring (bicyclic) bond motifs is 1. The molecule has 0 saturated heterocycles. The molecule has 4 rings (SSSR count). The summed E-state index contributed by atoms with van der Waals surface area (Å²) in [5.74, 6) is 0.161. The first kappa shape index (κ1) is 18.0. The topological polar surface area (TPSA) is 68.5 Å². The molecule has 0 radical (unpaired) electrons. The molecule has 0 fully saturated rings. The molecule has 0 aliphatic rings. The standard InChI is InChI=1S/C22H17NO4S/c1-13-7-5-9-15-19(24)18(17-11-6-12-28-17)22(27-20(13)15)23-21(25)14-8-3-4-10-16(14)26-2/h3-12H,1-2H3,(H,23,25). The maximum absolute atomic E-state index is 13.2. The van der Waals surface area contributed by atoms with E-state index in [1.807, 2.05) is 36.6 Å². The highest BCUT2D eigenvalue weighted by Gasteiger charge is 2.21. The fourth-order valence-electron chi connectivity index (χ4n) is 3.09. The number of carbonyl (C=O) groups is 1. The molecule has 2 aromatic heterocycles. The van der Waals surface area contributed by atoms with Gasteiger partial charge in [0.15, 0.2) is 0 Å². The fraction of sp³-hybridized carbons (Fsp3) is 0.0909. The van der Waals surface area contributed by atoms with Crippen LogP contribution in [0.4, 0.5) is 5.88 Å². The molecular formula is C22H17NO4S. The summed E-state index contributed by atoms with van der Waals surface area (Å²) in [6.45, 7) is 1.86. The van der Waals surface area contributed by atoms with Gasteiger partial charge in [0.1, 0.15) is 16.9 Å². The van der Waals surface area contributed by atoms with E-state index < -0.39 is 5.91 Å². The lowest BCUT2D eigenvalue weighted by atomic mass is 10.1. The van der Waals surface area contributed by atoms with E-state index in [9.17, 15) is 9.59 Å². The quantitative estimate of drug-likeness (QED) is 0.526. The third-order valence-electron chi connectivity index (χ3n) is 4.46. The Bertz CT molecular complexity index is 1230. The van der Waals surface area contributed by atoms with E-state index in [2.05, 4.69) is 5.32 Å². The summed E-state index contributed by atoms with van der Waals surface area (Å²) in [6, 6.07) is 16.0. The van der Waals surface area contributed by atoms with Crippen LogP contribution in [0.15, 0.2) is 69.2 Å². The van der Waals surface area contributed by atoms with Crippen LogP contribution in [0.25, 0.3) is 21.4 Å². The van der Waals surface area contributed by atoms with Crippen LogP contribution in [0.3, 0.4) is 0 Å². The molecule has 0 atom stereocenters. The second-order valence-corrected chi connectivity index (χ2v) is 7.17. The molecule has 0 aliphatic carbocycles. The number of anilines is 1. The summed E-state index contributed by atoms with van der Waals surface area (Å²) >= 11 is 1.41. The Labute approximate surface area is 165 Å². The number of hydrogen-bond acceptors (Lipinski definition) is 5. The average Bonchev–Trinajstić information content (AvgIpc) is 3.23. The van der Waals surface area contributed by atoms with E-state index in [-0.39, 0.29) is 11.3 Å². The second kappa shape index (κ2) is 7.32. The minimum atomic E-state index is -0.411. The van der Waals surface area contributed by atoms with Crippen molar-refractivity contribution >= 4 is 34.1 Å². The molecule has 1 amide bonds. The van der Waals surface area contributed by atoms with E-state index in [4.69, 9.17) is 9.15 Å². The van der Waals surface area contributed by atoms with Crippen LogP contribution in [-0.4, -0.2) is 13.0 Å². The van der Waals surface area contributed by atoms with E-state index in [0.29, 0.717) is 27.8 Å². The van der Waals surface area contributed by atoms with Gasteiger partial charge in [0.05, 0.1) is 18.1 Å². The third kappa shape index (κ3) is 3.08. The number of benzene rings is 2. The summed E-state index contributed by atoms with van der Waals surface area (Å²) in [5.41, 5.74) is 1.80. The molecule has 2 aromatic carbocycles. The zero-order valence-corrected chi connectivity index (χ0v) is 16.1. The number of rotatable bonds is 4. The molecule has 0 aliphatic heterocycles. The minimum Gasteiger partial charge on any atom is -0.496 e. The van der Waals surface area contributed by atoms with Gasteiger partial charge in [-0.25, -0.2) is 0 Å². The second-order valence-electron chi connectivity index (χ2n) is 6.22. The van der Waals surface area contributed by atoms with Crippen molar-refractivity contribution < 1.29 is 13.9 Å². The van der Waals surface area contributed by atoms with Gasteiger partial charge < -0.3 is 9.15 Å². The van der Waals surface area contributed by atoms with Crippen molar-refractivity contribution in [1.29, 1.82) is 0 Å². The Morgan fingerprint density at radius 3 is 2.64 bits per heavy atom. The summed E-state index contributed by atoms with van der Waals surface area (Å²) in [5, 5.41) is 5.13. The van der Waals surface area contributed by atoms with E-state index in [0.717, 1.165) is 10.4 Å². The Morgan fingerprint density at radius 2 is 1.89 bits per heavy atom. The van der Waals surface area contributed by atoms with Crippen LogP contribution >= 0.6 is 11.3 Å². The predicted molar refractivity (Wildman–Crippen MR) is 111 cm³/mol. The van der Waals surface area contributed by atoms with Gasteiger partial charge in [-0.2, -0.15) is 0 Å². The van der Waals surface area contributed by atoms with Gasteiger partial charge in [0, 0.05) is 4.88 Å². The minimum absolute atomic E-state index is 0.130. The number of amides is 1. The largest absolute Gasteiger partial charge is 0.496 e. The molecule has 4 aromatic rings. The predicted octanol–water partition coefficient (Wildman–Crippen LogP) is 5.09. The smallest absolute Gasteiger partial charge is 0.261 e. The molecule has 2 heterocycles. The SMILES string of the molecule is COc1ccccc1C(=O)Nc1oc2c(C)cccc2c(=O)c1-c1cccs1. The first-order valence-corrected chi connectivity index (χ1v) is 9.53. The van der Waals surface area contributed by atoms with Gasteiger partial charge in [0.2, 0.25) is 11.3 Å². The average molecular weight is 391 g/mol. The molecule has 0 spiro atoms. The first-order valence-electron chi connectivity index (χ1n) is 8.65. The maximum atomic E-state index is 13.2. The number of carbonyl (C=O) groups excluding carboxylic acids is 1. The van der Waals surface area contributed by atoms with Crippen molar-refractivity contribution in [1.82, 2.24) is 0 Å². The molecule has 0 bridgehead atoms. The maximum Gasteiger partial charge on any atom is 0.261 e. The van der Waals surface area contributed by atoms with Crippen LogP contribution < -0.4 is 15.5 Å². The summed E-state index contributed by atoms with van der Waals surface area (Å²) in [6.07, 6.45) is 0. The van der Waals surface area contributed by atoms with E-state index in [1.54, 1.807) is 30.3 Å². The normalized spacial score (nSPS) is 10.8. The third-order valence-corrected chi connectivity index (χ3v) is 5.35. The lowest BCUT2D eigenvalue weighted by Gasteiger charge is -2.12. The Morgan fingerprint density at radius 1 is 1.07 bits per heavy atom. The van der Waals surface area contributed by atoms with Gasteiger partial charge >= 0.3 is 0 Å². The van der Waals surface area contributed by atoms with Crippen molar-refractivity contribution in [3.63, 3.8) is 0 Å². The lowest BCUT2D eigenvalue weighted by molar-refractivity contribution is 0.102.